The summed E-state index contributed by atoms with van der Waals surface area (Å²) in [6.45, 7) is 1.69. The molecular weight excluding hydrogens is 293 g/mol. The smallest absolute Gasteiger partial charge is 0.383 e. The van der Waals surface area contributed by atoms with Gasteiger partial charge in [-0.15, -0.1) is 0 Å². The lowest BCUT2D eigenvalue weighted by Gasteiger charge is -2.13. The van der Waals surface area contributed by atoms with Gasteiger partial charge >= 0.3 is 6.18 Å². The Labute approximate surface area is 117 Å². The van der Waals surface area contributed by atoms with Crippen LogP contribution in [-0.2, 0) is 6.18 Å². The number of aromatic nitrogens is 2. The summed E-state index contributed by atoms with van der Waals surface area (Å²) in [7, 11) is 0. The predicted octanol–water partition coefficient (Wildman–Crippen LogP) is 3.78. The van der Waals surface area contributed by atoms with Crippen LogP contribution in [0.2, 0.25) is 5.02 Å². The van der Waals surface area contributed by atoms with Crippen LogP contribution in [0.25, 0.3) is 0 Å². The molecular formula is C12H10ClF3N4. The van der Waals surface area contributed by atoms with Gasteiger partial charge in [-0.05, 0) is 25.1 Å². The number of rotatable bonds is 2. The summed E-state index contributed by atoms with van der Waals surface area (Å²) >= 11 is 5.84. The number of benzene rings is 1. The fourth-order valence-electron chi connectivity index (χ4n) is 1.51. The molecule has 0 aliphatic rings. The summed E-state index contributed by atoms with van der Waals surface area (Å²) in [4.78, 5) is 7.76. The van der Waals surface area contributed by atoms with Crippen LogP contribution in [0, 0.1) is 6.92 Å². The van der Waals surface area contributed by atoms with Crippen LogP contribution in [0.3, 0.4) is 0 Å². The molecule has 2 rings (SSSR count). The van der Waals surface area contributed by atoms with E-state index >= 15 is 0 Å². The second-order valence-corrected chi connectivity index (χ2v) is 4.46. The molecule has 0 amide bonds. The highest BCUT2D eigenvalue weighted by molar-refractivity contribution is 6.33. The molecule has 0 atom stereocenters. The van der Waals surface area contributed by atoms with Gasteiger partial charge in [0, 0.05) is 5.56 Å². The molecule has 8 heteroatoms. The Morgan fingerprint density at radius 2 is 1.95 bits per heavy atom. The van der Waals surface area contributed by atoms with Crippen LogP contribution >= 0.6 is 11.6 Å². The van der Waals surface area contributed by atoms with Crippen molar-refractivity contribution in [3.8, 4) is 0 Å². The van der Waals surface area contributed by atoms with E-state index < -0.39 is 11.7 Å². The Morgan fingerprint density at radius 1 is 1.25 bits per heavy atom. The first kappa shape index (κ1) is 14.4. The number of halogens is 4. The molecule has 0 aliphatic carbocycles. The number of hydrogen-bond acceptors (Lipinski definition) is 4. The summed E-state index contributed by atoms with van der Waals surface area (Å²) in [6.07, 6.45) is -3.18. The largest absolute Gasteiger partial charge is 0.416 e. The topological polar surface area (TPSA) is 63.8 Å². The van der Waals surface area contributed by atoms with Gasteiger partial charge in [0.15, 0.2) is 0 Å². The van der Waals surface area contributed by atoms with E-state index in [-0.39, 0.29) is 10.8 Å². The summed E-state index contributed by atoms with van der Waals surface area (Å²) in [5.41, 5.74) is 5.70. The van der Waals surface area contributed by atoms with E-state index in [2.05, 4.69) is 15.3 Å². The van der Waals surface area contributed by atoms with Gasteiger partial charge in [-0.25, -0.2) is 9.97 Å². The molecule has 1 aromatic heterocycles. The average molecular weight is 303 g/mol. The van der Waals surface area contributed by atoms with Crippen molar-refractivity contribution in [1.29, 1.82) is 0 Å². The van der Waals surface area contributed by atoms with E-state index in [0.717, 1.165) is 12.1 Å². The minimum Gasteiger partial charge on any atom is -0.383 e. The van der Waals surface area contributed by atoms with Crippen LogP contribution in [0.15, 0.2) is 24.5 Å². The quantitative estimate of drug-likeness (QED) is 0.886. The zero-order valence-electron chi connectivity index (χ0n) is 10.3. The molecule has 4 nitrogen and oxygen atoms in total. The normalized spacial score (nSPS) is 11.4. The van der Waals surface area contributed by atoms with Crippen LogP contribution in [0.1, 0.15) is 11.1 Å². The number of alkyl halides is 3. The third-order valence-electron chi connectivity index (χ3n) is 2.67. The molecule has 106 valence electrons. The van der Waals surface area contributed by atoms with Crippen molar-refractivity contribution in [2.45, 2.75) is 13.1 Å². The van der Waals surface area contributed by atoms with Crippen molar-refractivity contribution in [2.75, 3.05) is 11.1 Å². The molecule has 2 aromatic rings. The minimum atomic E-state index is -4.43. The molecule has 0 unspecified atom stereocenters. The van der Waals surface area contributed by atoms with Gasteiger partial charge in [0.1, 0.15) is 18.0 Å². The number of nitrogens with one attached hydrogen (secondary N) is 1. The molecule has 20 heavy (non-hydrogen) atoms. The molecule has 0 saturated heterocycles. The lowest BCUT2D eigenvalue weighted by molar-refractivity contribution is -0.137. The highest BCUT2D eigenvalue weighted by Crippen LogP contribution is 2.34. The monoisotopic (exact) mass is 302 g/mol. The lowest BCUT2D eigenvalue weighted by Crippen LogP contribution is -2.06. The third-order valence-corrected chi connectivity index (χ3v) is 2.99. The third kappa shape index (κ3) is 2.93. The number of nitrogen functional groups attached to an aromatic ring is 1. The van der Waals surface area contributed by atoms with Gasteiger partial charge in [-0.3, -0.25) is 0 Å². The van der Waals surface area contributed by atoms with Crippen molar-refractivity contribution in [3.05, 3.63) is 40.7 Å². The van der Waals surface area contributed by atoms with E-state index in [9.17, 15) is 13.2 Å². The Hall–Kier alpha value is -2.02. The first-order valence-corrected chi connectivity index (χ1v) is 5.87. The molecule has 0 radical (unpaired) electrons. The van der Waals surface area contributed by atoms with Crippen LogP contribution in [-0.4, -0.2) is 9.97 Å². The fourth-order valence-corrected chi connectivity index (χ4v) is 1.74. The highest BCUT2D eigenvalue weighted by atomic mass is 35.5. The van der Waals surface area contributed by atoms with Gasteiger partial charge in [0.2, 0.25) is 0 Å². The molecule has 0 bridgehead atoms. The van der Waals surface area contributed by atoms with E-state index in [0.29, 0.717) is 17.1 Å². The second kappa shape index (κ2) is 5.16. The Kier molecular flexibility index (Phi) is 3.71. The number of anilines is 3. The van der Waals surface area contributed by atoms with Gasteiger partial charge in [-0.2, -0.15) is 13.2 Å². The zero-order chi connectivity index (χ0) is 14.9. The Morgan fingerprint density at radius 3 is 2.55 bits per heavy atom. The van der Waals surface area contributed by atoms with Crippen molar-refractivity contribution in [2.24, 2.45) is 0 Å². The van der Waals surface area contributed by atoms with Gasteiger partial charge in [-0.1, -0.05) is 11.6 Å². The van der Waals surface area contributed by atoms with Crippen LogP contribution < -0.4 is 11.1 Å². The van der Waals surface area contributed by atoms with E-state index in [1.165, 1.54) is 12.4 Å². The Balaban J connectivity index is 2.33. The van der Waals surface area contributed by atoms with Crippen molar-refractivity contribution < 1.29 is 13.2 Å². The standard InChI is InChI=1S/C12H10ClF3N4/c1-6-10(17)18-5-19-11(6)20-9-3-2-7(4-8(9)13)12(14,15)16/h2-5H,1H3,(H3,17,18,19,20). The zero-order valence-corrected chi connectivity index (χ0v) is 11.0. The van der Waals surface area contributed by atoms with Gasteiger partial charge in [0.05, 0.1) is 16.3 Å². The number of nitrogens with zero attached hydrogens (tertiary/aromatic N) is 2. The molecule has 0 fully saturated rings. The summed E-state index contributed by atoms with van der Waals surface area (Å²) in [5.74, 6) is 0.671. The van der Waals surface area contributed by atoms with Crippen LogP contribution in [0.4, 0.5) is 30.5 Å². The SMILES string of the molecule is Cc1c(N)ncnc1Nc1ccc(C(F)(F)F)cc1Cl. The maximum Gasteiger partial charge on any atom is 0.416 e. The highest BCUT2D eigenvalue weighted by Gasteiger charge is 2.30. The molecule has 1 aromatic carbocycles. The predicted molar refractivity (Wildman–Crippen MR) is 70.9 cm³/mol. The lowest BCUT2D eigenvalue weighted by atomic mass is 10.2. The molecule has 0 saturated carbocycles. The van der Waals surface area contributed by atoms with Crippen molar-refractivity contribution >= 4 is 28.9 Å². The van der Waals surface area contributed by atoms with Gasteiger partial charge < -0.3 is 11.1 Å². The first-order valence-electron chi connectivity index (χ1n) is 5.50. The van der Waals surface area contributed by atoms with E-state index in [1.807, 2.05) is 0 Å². The molecule has 0 aliphatic heterocycles. The summed E-state index contributed by atoms with van der Waals surface area (Å²) < 4.78 is 37.6. The molecule has 0 spiro atoms. The van der Waals surface area contributed by atoms with E-state index in [1.54, 1.807) is 6.92 Å². The van der Waals surface area contributed by atoms with Gasteiger partial charge in [0.25, 0.3) is 0 Å². The minimum absolute atomic E-state index is 0.0589. The first-order chi connectivity index (χ1) is 9.29. The summed E-state index contributed by atoms with van der Waals surface area (Å²) in [5, 5.41) is 2.77. The number of hydrogen-bond donors (Lipinski definition) is 2. The maximum absolute atomic E-state index is 12.5. The average Bonchev–Trinajstić information content (AvgIpc) is 2.36. The molecule has 1 heterocycles. The summed E-state index contributed by atoms with van der Waals surface area (Å²) in [6, 6.07) is 3.03. The molecule has 3 N–H and O–H groups in total. The van der Waals surface area contributed by atoms with Crippen molar-refractivity contribution in [3.63, 3.8) is 0 Å². The van der Waals surface area contributed by atoms with Crippen LogP contribution in [0.5, 0.6) is 0 Å². The fraction of sp³-hybridized carbons (Fsp3) is 0.167. The number of nitrogens with two attached hydrogens (primary N) is 1. The maximum atomic E-state index is 12.5. The van der Waals surface area contributed by atoms with E-state index in [4.69, 9.17) is 17.3 Å². The second-order valence-electron chi connectivity index (χ2n) is 4.05. The Bertz CT molecular complexity index is 643. The van der Waals surface area contributed by atoms with Crippen molar-refractivity contribution in [1.82, 2.24) is 9.97 Å².